The van der Waals surface area contributed by atoms with Crippen LogP contribution >= 0.6 is 0 Å². The minimum atomic E-state index is -2.59. The Hall–Kier alpha value is -2.19. The molecule has 0 saturated heterocycles. The molecule has 0 bridgehead atoms. The highest BCUT2D eigenvalue weighted by Gasteiger charge is 2.34. The van der Waals surface area contributed by atoms with E-state index in [1.807, 2.05) is 0 Å². The lowest BCUT2D eigenvalue weighted by Gasteiger charge is -2.15. The minimum Gasteiger partial charge on any atom is -0.203 e. The second-order valence-corrected chi connectivity index (χ2v) is 5.14. The molecular weight excluding hydrogens is 351 g/mol. The van der Waals surface area contributed by atoms with Crippen molar-refractivity contribution in [3.8, 4) is 11.1 Å². The van der Waals surface area contributed by atoms with Crippen molar-refractivity contribution in [2.75, 3.05) is 0 Å². The molecule has 130 valence electrons. The van der Waals surface area contributed by atoms with E-state index in [1.165, 1.54) is 13.8 Å². The molecule has 0 aromatic heterocycles. The highest BCUT2D eigenvalue weighted by atomic mass is 19.2. The number of hydrogen-bond donors (Lipinski definition) is 0. The van der Waals surface area contributed by atoms with E-state index in [-0.39, 0.29) is 0 Å². The van der Waals surface area contributed by atoms with Crippen LogP contribution < -0.4 is 0 Å². The summed E-state index contributed by atoms with van der Waals surface area (Å²) in [4.78, 5) is 0. The summed E-state index contributed by atoms with van der Waals surface area (Å²) in [6.45, 7) is 2.36. The van der Waals surface area contributed by atoms with Crippen molar-refractivity contribution in [1.82, 2.24) is 0 Å². The largest absolute Gasteiger partial charge is 0.203 e. The molecule has 9 heteroatoms. The van der Waals surface area contributed by atoms with Crippen molar-refractivity contribution in [2.24, 2.45) is 0 Å². The van der Waals surface area contributed by atoms with Crippen molar-refractivity contribution < 1.29 is 39.5 Å². The average Bonchev–Trinajstić information content (AvgIpc) is 2.52. The van der Waals surface area contributed by atoms with Gasteiger partial charge in [-0.25, -0.2) is 39.5 Å². The Balaban J connectivity index is 3.01. The molecule has 0 heterocycles. The lowest BCUT2D eigenvalue weighted by Crippen LogP contribution is -2.11. The van der Waals surface area contributed by atoms with Gasteiger partial charge in [0.1, 0.15) is 0 Å². The third-order valence-corrected chi connectivity index (χ3v) is 3.33. The highest BCUT2D eigenvalue weighted by molar-refractivity contribution is 5.68. The summed E-state index contributed by atoms with van der Waals surface area (Å²) in [6, 6.07) is 0. The average molecular weight is 358 g/mol. The molecule has 0 fully saturated rings. The molecular formula is C15H7F9. The molecule has 0 aliphatic rings. The molecule has 0 aliphatic heterocycles. The van der Waals surface area contributed by atoms with Gasteiger partial charge in [0, 0.05) is 5.56 Å². The molecule has 0 aliphatic carbocycles. The third-order valence-electron chi connectivity index (χ3n) is 3.33. The van der Waals surface area contributed by atoms with Gasteiger partial charge in [-0.3, -0.25) is 0 Å². The number of hydrogen-bond acceptors (Lipinski definition) is 0. The third kappa shape index (κ3) is 2.42. The fourth-order valence-corrected chi connectivity index (χ4v) is 2.20. The highest BCUT2D eigenvalue weighted by Crippen LogP contribution is 2.39. The van der Waals surface area contributed by atoms with Crippen molar-refractivity contribution in [3.63, 3.8) is 0 Å². The molecule has 2 aromatic rings. The first-order valence-electron chi connectivity index (χ1n) is 6.39. The number of rotatable bonds is 2. The fourth-order valence-electron chi connectivity index (χ4n) is 2.20. The molecule has 0 saturated carbocycles. The van der Waals surface area contributed by atoms with Crippen LogP contribution in [0.4, 0.5) is 39.5 Å². The van der Waals surface area contributed by atoms with E-state index in [9.17, 15) is 39.5 Å². The Bertz CT molecular complexity index is 782. The maximum absolute atomic E-state index is 14.0. The van der Waals surface area contributed by atoms with Crippen LogP contribution in [-0.2, 0) is 0 Å². The maximum Gasteiger partial charge on any atom is 0.200 e. The summed E-state index contributed by atoms with van der Waals surface area (Å²) in [7, 11) is 0. The first-order valence-corrected chi connectivity index (χ1v) is 6.39. The Morgan fingerprint density at radius 3 is 0.958 bits per heavy atom. The van der Waals surface area contributed by atoms with Gasteiger partial charge in [0.15, 0.2) is 46.5 Å². The molecule has 0 amide bonds. The minimum absolute atomic E-state index is 1.06. The smallest absolute Gasteiger partial charge is 0.200 e. The molecule has 0 spiro atoms. The van der Waals surface area contributed by atoms with Crippen LogP contribution in [0, 0.1) is 52.4 Å². The SMILES string of the molecule is CC(C)c1c(F)c(F)c(-c2c(F)c(F)c(F)c(F)c2F)c(F)c1F. The van der Waals surface area contributed by atoms with Crippen LogP contribution in [0.15, 0.2) is 0 Å². The normalized spacial score (nSPS) is 11.5. The van der Waals surface area contributed by atoms with Crippen LogP contribution in [0.5, 0.6) is 0 Å². The fraction of sp³-hybridized carbons (Fsp3) is 0.200. The van der Waals surface area contributed by atoms with Gasteiger partial charge in [-0.1, -0.05) is 13.8 Å². The van der Waals surface area contributed by atoms with Gasteiger partial charge in [0.05, 0.1) is 11.1 Å². The summed E-state index contributed by atoms with van der Waals surface area (Å²) in [5.41, 5.74) is -5.16. The molecule has 0 unspecified atom stereocenters. The quantitative estimate of drug-likeness (QED) is 0.365. The van der Waals surface area contributed by atoms with Gasteiger partial charge in [-0.15, -0.1) is 0 Å². The number of halogens is 9. The van der Waals surface area contributed by atoms with Crippen molar-refractivity contribution in [1.29, 1.82) is 0 Å². The monoisotopic (exact) mass is 358 g/mol. The van der Waals surface area contributed by atoms with E-state index in [2.05, 4.69) is 0 Å². The van der Waals surface area contributed by atoms with E-state index >= 15 is 0 Å². The second-order valence-electron chi connectivity index (χ2n) is 5.14. The lowest BCUT2D eigenvalue weighted by atomic mass is 9.95. The van der Waals surface area contributed by atoms with Crippen molar-refractivity contribution >= 4 is 0 Å². The molecule has 24 heavy (non-hydrogen) atoms. The Labute approximate surface area is 129 Å². The topological polar surface area (TPSA) is 0 Å². The van der Waals surface area contributed by atoms with Crippen LogP contribution in [-0.4, -0.2) is 0 Å². The van der Waals surface area contributed by atoms with Gasteiger partial charge in [0.2, 0.25) is 5.82 Å². The van der Waals surface area contributed by atoms with Crippen LogP contribution in [0.2, 0.25) is 0 Å². The summed E-state index contributed by atoms with van der Waals surface area (Å²) in [5.74, 6) is -22.4. The molecule has 0 N–H and O–H groups in total. The zero-order chi connectivity index (χ0) is 18.5. The summed E-state index contributed by atoms with van der Waals surface area (Å²) < 4.78 is 122. The zero-order valence-electron chi connectivity index (χ0n) is 12.0. The van der Waals surface area contributed by atoms with Crippen molar-refractivity contribution in [3.05, 3.63) is 57.9 Å². The molecule has 0 radical (unpaired) electrons. The van der Waals surface area contributed by atoms with Crippen LogP contribution in [0.25, 0.3) is 11.1 Å². The van der Waals surface area contributed by atoms with Gasteiger partial charge < -0.3 is 0 Å². The predicted octanol–water partition coefficient (Wildman–Crippen LogP) is 5.73. The lowest BCUT2D eigenvalue weighted by molar-refractivity contribution is 0.378. The van der Waals surface area contributed by atoms with Crippen LogP contribution in [0.1, 0.15) is 25.3 Å². The van der Waals surface area contributed by atoms with E-state index in [0.29, 0.717) is 0 Å². The predicted molar refractivity (Wildman–Crippen MR) is 65.6 cm³/mol. The molecule has 2 rings (SSSR count). The summed E-state index contributed by atoms with van der Waals surface area (Å²) in [6.07, 6.45) is 0. The Kier molecular flexibility index (Phi) is 4.56. The van der Waals surface area contributed by atoms with E-state index < -0.39 is 75.0 Å². The Morgan fingerprint density at radius 2 is 0.667 bits per heavy atom. The van der Waals surface area contributed by atoms with Gasteiger partial charge in [-0.2, -0.15) is 0 Å². The van der Waals surface area contributed by atoms with Crippen molar-refractivity contribution in [2.45, 2.75) is 19.8 Å². The van der Waals surface area contributed by atoms with Gasteiger partial charge >= 0.3 is 0 Å². The van der Waals surface area contributed by atoms with E-state index in [4.69, 9.17) is 0 Å². The second kappa shape index (κ2) is 6.03. The van der Waals surface area contributed by atoms with Gasteiger partial charge in [0.25, 0.3) is 0 Å². The van der Waals surface area contributed by atoms with Gasteiger partial charge in [-0.05, 0) is 5.92 Å². The standard InChI is InChI=1S/C15H7F9/c1-3(2)4-7(16)9(18)5(10(19)8(4)17)6-11(20)13(22)15(24)14(23)12(6)21/h3H,1-2H3. The maximum atomic E-state index is 14.0. The molecule has 0 nitrogen and oxygen atoms in total. The van der Waals surface area contributed by atoms with E-state index in [1.54, 1.807) is 0 Å². The summed E-state index contributed by atoms with van der Waals surface area (Å²) >= 11 is 0. The number of benzene rings is 2. The van der Waals surface area contributed by atoms with Crippen LogP contribution in [0.3, 0.4) is 0 Å². The summed E-state index contributed by atoms with van der Waals surface area (Å²) in [5, 5.41) is 0. The Morgan fingerprint density at radius 1 is 0.417 bits per heavy atom. The first kappa shape index (κ1) is 18.2. The first-order chi connectivity index (χ1) is 11.0. The zero-order valence-corrected chi connectivity index (χ0v) is 12.0. The molecule has 2 aromatic carbocycles. The molecule has 0 atom stereocenters. The van der Waals surface area contributed by atoms with E-state index in [0.717, 1.165) is 0 Å².